The third-order valence-corrected chi connectivity index (χ3v) is 21.7. The van der Waals surface area contributed by atoms with E-state index in [9.17, 15) is 56.8 Å². The summed E-state index contributed by atoms with van der Waals surface area (Å²) >= 11 is 16.6. The zero-order valence-electron chi connectivity index (χ0n) is 66.7. The summed E-state index contributed by atoms with van der Waals surface area (Å²) in [4.78, 5) is 71.2. The van der Waals surface area contributed by atoms with Gasteiger partial charge in [0.15, 0.2) is 53.3 Å². The van der Waals surface area contributed by atoms with Crippen LogP contribution in [0.25, 0.3) is 0 Å². The number of rotatable bonds is 17. The van der Waals surface area contributed by atoms with E-state index in [4.69, 9.17) is 75.8 Å². The summed E-state index contributed by atoms with van der Waals surface area (Å²) in [6, 6.07) is 0. The molecular weight excluding hydrogens is 1750 g/mol. The molecule has 0 aliphatic carbocycles. The Morgan fingerprint density at radius 3 is 1.48 bits per heavy atom. The summed E-state index contributed by atoms with van der Waals surface area (Å²) in [6.45, 7) is 28.7. The first kappa shape index (κ1) is 109. The number of hydrogen-bond acceptors (Lipinski definition) is 43. The zero-order chi connectivity index (χ0) is 88.8. The van der Waals surface area contributed by atoms with Crippen molar-refractivity contribution in [2.24, 2.45) is 0 Å². The van der Waals surface area contributed by atoms with Gasteiger partial charge in [-0.2, -0.15) is 13.2 Å². The summed E-state index contributed by atoms with van der Waals surface area (Å²) in [5.74, 6) is -0.231. The zero-order valence-corrected chi connectivity index (χ0v) is 75.6. The van der Waals surface area contributed by atoms with Crippen molar-refractivity contribution in [1.82, 2.24) is 44.4 Å². The molecule has 0 atom stereocenters. The number of thiazole rings is 6. The van der Waals surface area contributed by atoms with E-state index in [2.05, 4.69) is 58.4 Å². The highest BCUT2D eigenvalue weighted by molar-refractivity contribution is 7.91. The van der Waals surface area contributed by atoms with Gasteiger partial charge in [-0.1, -0.05) is 58.2 Å². The molecule has 34 nitrogen and oxygen atoms in total. The number of nitrogens with zero attached hydrogens (tertiary/aromatic N) is 9. The second kappa shape index (κ2) is 52.5. The second-order valence-electron chi connectivity index (χ2n) is 24.7. The Labute approximate surface area is 718 Å². The van der Waals surface area contributed by atoms with Crippen LogP contribution in [0.2, 0.25) is 4.34 Å². The minimum atomic E-state index is -3.30. The van der Waals surface area contributed by atoms with Crippen LogP contribution in [-0.2, 0) is 75.2 Å². The third kappa shape index (κ3) is 41.2. The van der Waals surface area contributed by atoms with E-state index < -0.39 is 49.3 Å². The SMILES string of the molecule is C.CC(C)(O)c1cnoc1N.CC(C)(O)c1cnsc1N.CC(C)(O)c1cscc1N.CC(C)(O)c1scc(S(C)(=O)=O)c1N.CCOC(=O)Cc1csc(C)n1.CCOC(=O)c1csc(C)n1.CCOC(=O)c1nc(N)sc1F.COC(=O)c1nc(N)sc1Cl.Cc1nc(CCO)c(C)o1.Cc1nc(CCO)c(F)s1.Nc1nccs1. The highest BCUT2D eigenvalue weighted by Crippen LogP contribution is 2.37. The predicted octanol–water partition coefficient (Wildman–Crippen LogP) is 12.7. The normalized spacial score (nSPS) is 10.7. The van der Waals surface area contributed by atoms with Crippen LogP contribution in [0.5, 0.6) is 0 Å². The molecule has 11 rings (SSSR count). The number of thiophene rings is 2. The van der Waals surface area contributed by atoms with Crippen molar-refractivity contribution in [2.45, 2.75) is 165 Å². The second-order valence-corrected chi connectivity index (χ2v) is 35.9. The number of oxazole rings is 1. The van der Waals surface area contributed by atoms with Crippen LogP contribution in [0.3, 0.4) is 0 Å². The number of sulfone groups is 1. The maximum atomic E-state index is 12.8. The fourth-order valence-electron chi connectivity index (χ4n) is 7.88. The molecule has 47 heteroatoms. The number of hydrogen-bond donors (Lipinski definition) is 13. The number of carbonyl (C=O) groups is 4. The molecule has 0 saturated heterocycles. The van der Waals surface area contributed by atoms with Crippen molar-refractivity contribution >= 4 is 185 Å². The monoisotopic (exact) mass is 1850 g/mol. The average Bonchev–Trinajstić information content (AvgIpc) is 1.65. The summed E-state index contributed by atoms with van der Waals surface area (Å²) in [5.41, 5.74) is 39.1. The molecule has 117 heavy (non-hydrogen) atoms. The van der Waals surface area contributed by atoms with E-state index in [0.717, 1.165) is 73.0 Å². The summed E-state index contributed by atoms with van der Waals surface area (Å²) in [7, 11) is -2.04. The van der Waals surface area contributed by atoms with Gasteiger partial charge >= 0.3 is 23.9 Å². The van der Waals surface area contributed by atoms with E-state index in [1.807, 2.05) is 42.3 Å². The summed E-state index contributed by atoms with van der Waals surface area (Å²) < 4.78 is 80.1. The number of aliphatic hydroxyl groups excluding tert-OH is 2. The molecule has 0 radical (unpaired) electrons. The number of methoxy groups -OCH3 is 1. The molecule has 652 valence electrons. The molecule has 0 unspecified atom stereocenters. The average molecular weight is 1850 g/mol. The highest BCUT2D eigenvalue weighted by Gasteiger charge is 2.27. The Kier molecular flexibility index (Phi) is 48.7. The van der Waals surface area contributed by atoms with Crippen molar-refractivity contribution in [3.63, 3.8) is 0 Å². The molecule has 11 aromatic heterocycles. The Hall–Kier alpha value is -8.43. The van der Waals surface area contributed by atoms with Crippen molar-refractivity contribution in [3.05, 3.63) is 148 Å². The molecule has 0 spiro atoms. The molecule has 20 N–H and O–H groups in total. The van der Waals surface area contributed by atoms with E-state index in [1.165, 1.54) is 64.2 Å². The van der Waals surface area contributed by atoms with Crippen molar-refractivity contribution in [3.8, 4) is 0 Å². The fourth-order valence-corrected chi connectivity index (χ4v) is 15.4. The smallest absolute Gasteiger partial charge is 0.361 e. The van der Waals surface area contributed by atoms with Gasteiger partial charge in [-0.05, 0) is 121 Å². The topological polar surface area (TPSA) is 585 Å². The summed E-state index contributed by atoms with van der Waals surface area (Å²) in [6.07, 6.45) is 6.98. The number of nitrogens with two attached hydrogens (primary N) is 7. The quantitative estimate of drug-likeness (QED) is 0.0297. The van der Waals surface area contributed by atoms with Gasteiger partial charge in [0.2, 0.25) is 11.0 Å². The van der Waals surface area contributed by atoms with Gasteiger partial charge in [-0.25, -0.2) is 57.7 Å². The van der Waals surface area contributed by atoms with Gasteiger partial charge in [0.05, 0.1) is 110 Å². The number of esters is 4. The van der Waals surface area contributed by atoms with Crippen LogP contribution in [0, 0.1) is 44.9 Å². The molecule has 0 aliphatic heterocycles. The lowest BCUT2D eigenvalue weighted by Gasteiger charge is -2.16. The third-order valence-electron chi connectivity index (χ3n) is 13.0. The Morgan fingerprint density at radius 1 is 0.598 bits per heavy atom. The molecular formula is C70H103ClF2N16O18S10. The standard InChI is InChI=1S/C8H13NO3S2.C8H11NO2S.C7H9NO2S.C7H11NO2.C7H11NOS.C6H7FN2O2S.C6H8FNOS.C6H10N2O2.C6H10N2OS.C5H5ClN2O2S.C3H4N2S.CH4/c1-8(2,10)7-6(9)5(4-13-7)14(3,11)12;1-3-11-8(10)4-7-5-12-6(2)9-7;1-3-10-7(9)6-4-11-5(2)8-6;1-5-7(3-4-9)8-6(2)10-5;1-7(2,9)5-3-10-4-6(5)8;1-2-11-5(10)3-4(7)12-6(8)9-3;1-4-8-5(2-3-9)6(7)10-4;2*1-6(2,9)4-3-8-10-5(4)7;1-10-4(9)2-3(6)11-5(7)8-2;4-3-5-1-2-6-3;/h4,10H,9H2,1-3H3;5H,3-4H2,1-2H3;4H,3H2,1-2H3;9H,3-4H2,1-2H3;3-4,9H,8H2,1-2H3;2H2,1H3,(H2,8,9);9H,2-3H2,1H3;2*3,9H,7H2,1-2H3;1H3,(H2,7,8);1-2H,(H2,4,5);1H4. The number of ether oxygens (including phenoxy) is 4. The summed E-state index contributed by atoms with van der Waals surface area (Å²) in [5, 5.41) is 72.1. The lowest BCUT2D eigenvalue weighted by Crippen LogP contribution is -2.16. The van der Waals surface area contributed by atoms with Gasteiger partial charge in [0.1, 0.15) is 20.0 Å². The molecule has 0 aliphatic rings. The number of anilines is 7. The fraction of sp³-hybridized carbons (Fsp3) is 0.443. The molecule has 0 amide bonds. The molecule has 11 aromatic rings. The van der Waals surface area contributed by atoms with Crippen LogP contribution in [0.15, 0.2) is 64.7 Å². The molecule has 0 saturated carbocycles. The first-order chi connectivity index (χ1) is 53.8. The van der Waals surface area contributed by atoms with E-state index >= 15 is 0 Å². The molecule has 0 fully saturated rings. The minimum absolute atomic E-state index is 0. The molecule has 0 bridgehead atoms. The number of carbonyl (C=O) groups excluding carboxylic acids is 4. The van der Waals surface area contributed by atoms with Gasteiger partial charge in [0, 0.05) is 95.3 Å². The van der Waals surface area contributed by atoms with Crippen LogP contribution >= 0.6 is 114 Å². The van der Waals surface area contributed by atoms with E-state index in [-0.39, 0.29) is 93.2 Å². The first-order valence-electron chi connectivity index (χ1n) is 33.7. The Bertz CT molecular complexity index is 4660. The van der Waals surface area contributed by atoms with Crippen LogP contribution in [-0.4, -0.2) is 154 Å². The van der Waals surface area contributed by atoms with Gasteiger partial charge in [-0.3, -0.25) is 4.79 Å². The maximum Gasteiger partial charge on any atom is 0.361 e. The number of aryl methyl sites for hydroxylation is 5. The van der Waals surface area contributed by atoms with Gasteiger partial charge in [0.25, 0.3) is 0 Å². The Balaban J connectivity index is 0.00000127. The first-order valence-corrected chi connectivity index (χ1v) is 43.6. The van der Waals surface area contributed by atoms with Crippen molar-refractivity contribution in [2.75, 3.05) is 86.5 Å². The molecule has 0 aromatic carbocycles. The van der Waals surface area contributed by atoms with Gasteiger partial charge in [-0.15, -0.1) is 56.7 Å². The van der Waals surface area contributed by atoms with Crippen LogP contribution < -0.4 is 40.1 Å². The van der Waals surface area contributed by atoms with Crippen LogP contribution in [0.1, 0.15) is 180 Å². The number of aliphatic hydroxyl groups is 6. The van der Waals surface area contributed by atoms with Crippen molar-refractivity contribution < 1.29 is 94.9 Å². The Morgan fingerprint density at radius 2 is 1.15 bits per heavy atom. The highest BCUT2D eigenvalue weighted by atomic mass is 35.5. The van der Waals surface area contributed by atoms with Gasteiger partial charge < -0.3 is 98.7 Å². The minimum Gasteiger partial charge on any atom is -0.466 e. The predicted molar refractivity (Wildman–Crippen MR) is 462 cm³/mol. The number of aromatic nitrogens is 9. The van der Waals surface area contributed by atoms with Crippen molar-refractivity contribution in [1.29, 1.82) is 0 Å². The number of halogens is 3. The number of nitrogen functional groups attached to an aromatic ring is 7. The van der Waals surface area contributed by atoms with E-state index in [0.29, 0.717) is 91.5 Å². The van der Waals surface area contributed by atoms with E-state index in [1.54, 1.807) is 119 Å². The lowest BCUT2D eigenvalue weighted by molar-refractivity contribution is -0.142. The lowest BCUT2D eigenvalue weighted by atomic mass is 10.0. The maximum absolute atomic E-state index is 12.8. The largest absolute Gasteiger partial charge is 0.466 e. The van der Waals surface area contributed by atoms with Crippen LogP contribution in [0.4, 0.5) is 46.4 Å². The molecule has 11 heterocycles.